The Morgan fingerprint density at radius 3 is 2.47 bits per heavy atom. The largest absolute Gasteiger partial charge is 0.298 e. The molecule has 3 nitrogen and oxygen atoms in total. The molecule has 0 N–H and O–H groups in total. The fraction of sp³-hybridized carbons (Fsp3) is 0.533. The molecule has 0 radical (unpaired) electrons. The molecule has 0 unspecified atom stereocenters. The fourth-order valence-corrected chi connectivity index (χ4v) is 2.94. The molecular weight excluding hydrogens is 260 g/mol. The highest BCUT2D eigenvalue weighted by molar-refractivity contribution is 6.34. The molecule has 102 valence electrons. The van der Waals surface area contributed by atoms with Gasteiger partial charge in [-0.1, -0.05) is 23.7 Å². The number of benzene rings is 1. The third-order valence-electron chi connectivity index (χ3n) is 4.01. The number of ketones is 1. The van der Waals surface area contributed by atoms with Gasteiger partial charge in [0.15, 0.2) is 5.78 Å². The summed E-state index contributed by atoms with van der Waals surface area (Å²) in [6.45, 7) is 4.67. The van der Waals surface area contributed by atoms with E-state index in [1.807, 2.05) is 18.2 Å². The molecule has 2 fully saturated rings. The first-order valence-electron chi connectivity index (χ1n) is 6.98. The standard InChI is InChI=1S/C15H19ClN2O/c16-14-4-2-1-3-13(14)15(19)11-17-7-9-18(10-8-17)12-5-6-12/h1-4,12H,5-11H2. The quantitative estimate of drug-likeness (QED) is 0.790. The SMILES string of the molecule is O=C(CN1CCN(C2CC2)CC1)c1ccccc1Cl. The van der Waals surface area contributed by atoms with E-state index in [0.717, 1.165) is 32.2 Å². The molecule has 4 heteroatoms. The van der Waals surface area contributed by atoms with Crippen molar-refractivity contribution in [2.45, 2.75) is 18.9 Å². The second-order valence-corrected chi connectivity index (χ2v) is 5.85. The third kappa shape index (κ3) is 3.16. The summed E-state index contributed by atoms with van der Waals surface area (Å²) >= 11 is 6.06. The Bertz CT molecular complexity index is 465. The van der Waals surface area contributed by atoms with Crippen LogP contribution >= 0.6 is 11.6 Å². The van der Waals surface area contributed by atoms with Gasteiger partial charge in [-0.25, -0.2) is 0 Å². The number of hydrogen-bond acceptors (Lipinski definition) is 3. The van der Waals surface area contributed by atoms with Gasteiger partial charge in [0, 0.05) is 37.8 Å². The van der Waals surface area contributed by atoms with Gasteiger partial charge in [-0.2, -0.15) is 0 Å². The van der Waals surface area contributed by atoms with Gasteiger partial charge in [-0.3, -0.25) is 14.6 Å². The van der Waals surface area contributed by atoms with E-state index in [4.69, 9.17) is 11.6 Å². The average Bonchev–Trinajstić information content (AvgIpc) is 3.24. The summed E-state index contributed by atoms with van der Waals surface area (Å²) in [6, 6.07) is 8.14. The Hall–Kier alpha value is -0.900. The van der Waals surface area contributed by atoms with Crippen molar-refractivity contribution in [1.29, 1.82) is 0 Å². The molecule has 1 aliphatic carbocycles. The molecular formula is C15H19ClN2O. The number of piperazine rings is 1. The van der Waals surface area contributed by atoms with Crippen LogP contribution in [0.3, 0.4) is 0 Å². The fourth-order valence-electron chi connectivity index (χ4n) is 2.70. The monoisotopic (exact) mass is 278 g/mol. The second kappa shape index (κ2) is 5.61. The zero-order chi connectivity index (χ0) is 13.2. The lowest BCUT2D eigenvalue weighted by atomic mass is 10.1. The van der Waals surface area contributed by atoms with Crippen molar-refractivity contribution in [2.75, 3.05) is 32.7 Å². The zero-order valence-corrected chi connectivity index (χ0v) is 11.8. The maximum Gasteiger partial charge on any atom is 0.178 e. The summed E-state index contributed by atoms with van der Waals surface area (Å²) in [5.74, 6) is 0.130. The molecule has 3 rings (SSSR count). The van der Waals surface area contributed by atoms with Crippen molar-refractivity contribution in [1.82, 2.24) is 9.80 Å². The highest BCUT2D eigenvalue weighted by Gasteiger charge is 2.31. The summed E-state index contributed by atoms with van der Waals surface area (Å²) < 4.78 is 0. The Balaban J connectivity index is 1.54. The average molecular weight is 279 g/mol. The lowest BCUT2D eigenvalue weighted by Gasteiger charge is -2.34. The summed E-state index contributed by atoms with van der Waals surface area (Å²) in [7, 11) is 0. The van der Waals surface area contributed by atoms with E-state index in [1.54, 1.807) is 6.07 Å². The molecule has 2 aliphatic rings. The van der Waals surface area contributed by atoms with Gasteiger partial charge in [-0.15, -0.1) is 0 Å². The van der Waals surface area contributed by atoms with Crippen LogP contribution in [0.1, 0.15) is 23.2 Å². The normalized spacial score (nSPS) is 21.5. The minimum Gasteiger partial charge on any atom is -0.298 e. The first kappa shape index (κ1) is 13.1. The number of hydrogen-bond donors (Lipinski definition) is 0. The molecule has 1 aromatic carbocycles. The lowest BCUT2D eigenvalue weighted by molar-refractivity contribution is 0.0844. The van der Waals surface area contributed by atoms with E-state index >= 15 is 0 Å². The van der Waals surface area contributed by atoms with Crippen LogP contribution in [-0.4, -0.2) is 54.3 Å². The first-order valence-corrected chi connectivity index (χ1v) is 7.36. The van der Waals surface area contributed by atoms with E-state index < -0.39 is 0 Å². The Morgan fingerprint density at radius 2 is 1.84 bits per heavy atom. The van der Waals surface area contributed by atoms with E-state index in [2.05, 4.69) is 9.80 Å². The molecule has 0 spiro atoms. The predicted octanol–water partition coefficient (Wildman–Crippen LogP) is 2.30. The molecule has 0 amide bonds. The van der Waals surface area contributed by atoms with Crippen LogP contribution in [0.2, 0.25) is 5.02 Å². The smallest absolute Gasteiger partial charge is 0.178 e. The zero-order valence-electron chi connectivity index (χ0n) is 11.0. The minimum atomic E-state index is 0.130. The van der Waals surface area contributed by atoms with Gasteiger partial charge in [0.1, 0.15) is 0 Å². The van der Waals surface area contributed by atoms with Gasteiger partial charge >= 0.3 is 0 Å². The van der Waals surface area contributed by atoms with Crippen LogP contribution in [0.5, 0.6) is 0 Å². The van der Waals surface area contributed by atoms with Crippen molar-refractivity contribution in [3.05, 3.63) is 34.9 Å². The molecule has 1 aromatic rings. The summed E-state index contributed by atoms with van der Waals surface area (Å²) in [5, 5.41) is 0.559. The van der Waals surface area contributed by atoms with Crippen LogP contribution in [0.25, 0.3) is 0 Å². The molecule has 1 aliphatic heterocycles. The maximum atomic E-state index is 12.2. The molecule has 1 saturated carbocycles. The topological polar surface area (TPSA) is 23.6 Å². The van der Waals surface area contributed by atoms with Crippen LogP contribution in [0.4, 0.5) is 0 Å². The van der Waals surface area contributed by atoms with Crippen molar-refractivity contribution in [2.24, 2.45) is 0 Å². The minimum absolute atomic E-state index is 0.130. The van der Waals surface area contributed by atoms with Gasteiger partial charge in [-0.05, 0) is 25.0 Å². The van der Waals surface area contributed by atoms with Crippen molar-refractivity contribution >= 4 is 17.4 Å². The maximum absolute atomic E-state index is 12.2. The van der Waals surface area contributed by atoms with Crippen molar-refractivity contribution in [3.63, 3.8) is 0 Å². The summed E-state index contributed by atoms with van der Waals surface area (Å²) in [6.07, 6.45) is 2.72. The summed E-state index contributed by atoms with van der Waals surface area (Å²) in [4.78, 5) is 17.0. The predicted molar refractivity (Wildman–Crippen MR) is 76.8 cm³/mol. The van der Waals surface area contributed by atoms with Crippen LogP contribution in [0, 0.1) is 0 Å². The van der Waals surface area contributed by atoms with E-state index in [1.165, 1.54) is 12.8 Å². The first-order chi connectivity index (χ1) is 9.24. The number of carbonyl (C=O) groups excluding carboxylic acids is 1. The second-order valence-electron chi connectivity index (χ2n) is 5.45. The molecule has 0 bridgehead atoms. The van der Waals surface area contributed by atoms with Crippen molar-refractivity contribution < 1.29 is 4.79 Å². The Kier molecular flexibility index (Phi) is 3.87. The van der Waals surface area contributed by atoms with Crippen LogP contribution in [0.15, 0.2) is 24.3 Å². The van der Waals surface area contributed by atoms with Gasteiger partial charge in [0.25, 0.3) is 0 Å². The van der Waals surface area contributed by atoms with Crippen LogP contribution in [-0.2, 0) is 0 Å². The Labute approximate surface area is 119 Å². The number of halogens is 1. The van der Waals surface area contributed by atoms with Crippen LogP contribution < -0.4 is 0 Å². The molecule has 0 atom stereocenters. The van der Waals surface area contributed by atoms with Crippen molar-refractivity contribution in [3.8, 4) is 0 Å². The van der Waals surface area contributed by atoms with E-state index in [-0.39, 0.29) is 5.78 Å². The molecule has 0 aromatic heterocycles. The van der Waals surface area contributed by atoms with E-state index in [9.17, 15) is 4.79 Å². The lowest BCUT2D eigenvalue weighted by Crippen LogP contribution is -2.48. The highest BCUT2D eigenvalue weighted by atomic mass is 35.5. The van der Waals surface area contributed by atoms with Gasteiger partial charge < -0.3 is 0 Å². The molecule has 19 heavy (non-hydrogen) atoms. The third-order valence-corrected chi connectivity index (χ3v) is 4.34. The van der Waals surface area contributed by atoms with Gasteiger partial charge in [0.05, 0.1) is 11.6 Å². The number of Topliss-reactive ketones (excluding diaryl/α,β-unsaturated/α-hetero) is 1. The number of rotatable bonds is 4. The number of nitrogens with zero attached hydrogens (tertiary/aromatic N) is 2. The molecule has 1 saturated heterocycles. The Morgan fingerprint density at radius 1 is 1.16 bits per heavy atom. The molecule has 1 heterocycles. The van der Waals surface area contributed by atoms with E-state index in [0.29, 0.717) is 17.1 Å². The number of carbonyl (C=O) groups is 1. The summed E-state index contributed by atoms with van der Waals surface area (Å²) in [5.41, 5.74) is 0.647. The highest BCUT2D eigenvalue weighted by Crippen LogP contribution is 2.27. The van der Waals surface area contributed by atoms with Gasteiger partial charge in [0.2, 0.25) is 0 Å².